The molecule has 1 aliphatic heterocycles. The lowest BCUT2D eigenvalue weighted by atomic mass is 10.1. The molecule has 0 N–H and O–H groups in total. The fourth-order valence-corrected chi connectivity index (χ4v) is 7.52. The molecular weight excluding hydrogens is 847 g/mol. The van der Waals surface area contributed by atoms with Gasteiger partial charge in [-0.05, 0) is 52.6 Å². The van der Waals surface area contributed by atoms with E-state index in [4.69, 9.17) is 37.9 Å². The molecule has 0 radical (unpaired) electrons. The molecule has 0 aromatic rings. The monoisotopic (exact) mass is 942 g/mol. The van der Waals surface area contributed by atoms with Gasteiger partial charge in [-0.2, -0.15) is 0 Å². The molecule has 1 saturated heterocycles. The highest BCUT2D eigenvalue weighted by atomic mass is 16.6. The van der Waals surface area contributed by atoms with E-state index < -0.39 is 18.3 Å². The van der Waals surface area contributed by atoms with Crippen molar-refractivity contribution in [3.05, 3.63) is 0 Å². The van der Waals surface area contributed by atoms with Gasteiger partial charge >= 0.3 is 29.8 Å². The van der Waals surface area contributed by atoms with Crippen molar-refractivity contribution in [2.75, 3.05) is 73.5 Å². The number of unbranched alkanes of at least 4 members (excludes halogenated alkanes) is 16. The van der Waals surface area contributed by atoms with E-state index in [2.05, 4.69) is 27.7 Å². The van der Waals surface area contributed by atoms with Crippen LogP contribution in [0.4, 0.5) is 0 Å². The van der Waals surface area contributed by atoms with Gasteiger partial charge in [-0.3, -0.25) is 24.0 Å². The lowest BCUT2D eigenvalue weighted by Gasteiger charge is -2.25. The van der Waals surface area contributed by atoms with Crippen LogP contribution in [0.5, 0.6) is 0 Å². The van der Waals surface area contributed by atoms with Gasteiger partial charge in [-0.1, -0.05) is 130 Å². The van der Waals surface area contributed by atoms with E-state index in [1.807, 2.05) is 19.0 Å². The summed E-state index contributed by atoms with van der Waals surface area (Å²) >= 11 is 0. The highest BCUT2D eigenvalue weighted by Gasteiger charge is 2.40. The molecule has 1 fully saturated rings. The molecule has 0 spiro atoms. The average Bonchev–Trinajstić information content (AvgIpc) is 3.69. The smallest absolute Gasteiger partial charge is 0.307 e. The molecule has 0 amide bonds. The van der Waals surface area contributed by atoms with Gasteiger partial charge in [0.15, 0.2) is 0 Å². The Morgan fingerprint density at radius 1 is 0.470 bits per heavy atom. The van der Waals surface area contributed by atoms with Crippen molar-refractivity contribution in [3.63, 3.8) is 0 Å². The third-order valence-electron chi connectivity index (χ3n) is 11.9. The van der Waals surface area contributed by atoms with Gasteiger partial charge in [0.05, 0.1) is 39.5 Å². The van der Waals surface area contributed by atoms with Crippen molar-refractivity contribution in [2.24, 2.45) is 11.8 Å². The molecule has 0 aromatic heterocycles. The third-order valence-corrected chi connectivity index (χ3v) is 11.9. The van der Waals surface area contributed by atoms with Gasteiger partial charge in [0.1, 0.15) is 24.9 Å². The molecule has 3 atom stereocenters. The fraction of sp³-hybridized carbons (Fsp3) is 0.904. The van der Waals surface area contributed by atoms with Crippen LogP contribution in [0.1, 0.15) is 201 Å². The van der Waals surface area contributed by atoms with Gasteiger partial charge in [0.2, 0.25) is 0 Å². The molecule has 1 rings (SSSR count). The minimum atomic E-state index is -0.599. The summed E-state index contributed by atoms with van der Waals surface area (Å²) in [5.74, 6) is -1.94. The highest BCUT2D eigenvalue weighted by Crippen LogP contribution is 2.24. The Kier molecular flexibility index (Phi) is 39.2. The number of rotatable bonds is 45. The maximum atomic E-state index is 12.7. The summed E-state index contributed by atoms with van der Waals surface area (Å²) < 4.78 is 47.4. The van der Waals surface area contributed by atoms with Crippen LogP contribution in [0.3, 0.4) is 0 Å². The Morgan fingerprint density at radius 2 is 0.818 bits per heavy atom. The topological polar surface area (TPSA) is 162 Å². The van der Waals surface area contributed by atoms with Crippen LogP contribution in [0.2, 0.25) is 0 Å². The van der Waals surface area contributed by atoms with E-state index in [0.717, 1.165) is 128 Å². The molecule has 386 valence electrons. The van der Waals surface area contributed by atoms with Crippen LogP contribution in [-0.2, 0) is 61.9 Å². The second kappa shape index (κ2) is 42.3. The number of nitrogens with zero attached hydrogens (tertiary/aromatic N) is 1. The van der Waals surface area contributed by atoms with Gasteiger partial charge in [-0.25, -0.2) is 0 Å². The molecule has 1 heterocycles. The van der Waals surface area contributed by atoms with Gasteiger partial charge in [-0.15, -0.1) is 0 Å². The Balaban J connectivity index is 3.01. The quantitative estimate of drug-likeness (QED) is 0.0322. The predicted octanol–water partition coefficient (Wildman–Crippen LogP) is 10.3. The van der Waals surface area contributed by atoms with Crippen LogP contribution < -0.4 is 0 Å². The number of hydrogen-bond donors (Lipinski definition) is 0. The standard InChI is InChI=1S/C52H95NO13/c1-7-11-15-19-23-27-47(54)62-37-43(38-63-48(55)28-24-20-16-12-8-2)32-35-59-45-41-61-46(42-66-51(58)31-34-53(5)6)52(45)60-36-33-44(39-64-49(56)29-25-21-17-13-9-3)40-65-50(57)30-26-22-18-14-10-4/h43-46,52H,7-42H2,1-6H3/t45-,46?,52+/m0/s1. The first-order valence-electron chi connectivity index (χ1n) is 26.3. The van der Waals surface area contributed by atoms with Gasteiger partial charge in [0, 0.05) is 57.3 Å². The first kappa shape index (κ1) is 61.2. The summed E-state index contributed by atoms with van der Waals surface area (Å²) in [5.41, 5.74) is 0. The molecule has 0 aromatic carbocycles. The van der Waals surface area contributed by atoms with Crippen molar-refractivity contribution in [1.29, 1.82) is 0 Å². The zero-order valence-corrected chi connectivity index (χ0v) is 42.6. The van der Waals surface area contributed by atoms with Crippen molar-refractivity contribution < 1.29 is 61.9 Å². The molecule has 1 unspecified atom stereocenters. The molecule has 14 heteroatoms. The Bertz CT molecular complexity index is 1170. The molecule has 0 aliphatic carbocycles. The molecule has 1 aliphatic rings. The Hall–Kier alpha value is -2.81. The first-order chi connectivity index (χ1) is 32.0. The summed E-state index contributed by atoms with van der Waals surface area (Å²) in [6.07, 6.45) is 21.4. The van der Waals surface area contributed by atoms with E-state index >= 15 is 0 Å². The Morgan fingerprint density at radius 3 is 1.18 bits per heavy atom. The van der Waals surface area contributed by atoms with Crippen LogP contribution in [0, 0.1) is 11.8 Å². The van der Waals surface area contributed by atoms with Crippen molar-refractivity contribution >= 4 is 29.8 Å². The second-order valence-corrected chi connectivity index (χ2v) is 18.6. The summed E-state index contributed by atoms with van der Waals surface area (Å²) in [5, 5.41) is 0. The van der Waals surface area contributed by atoms with E-state index in [9.17, 15) is 24.0 Å². The highest BCUT2D eigenvalue weighted by molar-refractivity contribution is 5.70. The number of hydrogen-bond acceptors (Lipinski definition) is 14. The molecule has 14 nitrogen and oxygen atoms in total. The summed E-state index contributed by atoms with van der Waals surface area (Å²) in [7, 11) is 3.78. The van der Waals surface area contributed by atoms with E-state index in [0.29, 0.717) is 45.1 Å². The summed E-state index contributed by atoms with van der Waals surface area (Å²) in [6, 6.07) is 0. The van der Waals surface area contributed by atoms with E-state index in [1.54, 1.807) is 0 Å². The van der Waals surface area contributed by atoms with Crippen LogP contribution >= 0.6 is 0 Å². The largest absolute Gasteiger partial charge is 0.465 e. The van der Waals surface area contributed by atoms with E-state index in [1.165, 1.54) is 0 Å². The number of esters is 5. The molecule has 0 saturated carbocycles. The van der Waals surface area contributed by atoms with Gasteiger partial charge < -0.3 is 42.8 Å². The van der Waals surface area contributed by atoms with Crippen LogP contribution in [-0.4, -0.2) is 127 Å². The van der Waals surface area contributed by atoms with Crippen molar-refractivity contribution in [3.8, 4) is 0 Å². The predicted molar refractivity (Wildman–Crippen MR) is 257 cm³/mol. The number of carbonyl (C=O) groups is 5. The molecular formula is C52H95NO13. The zero-order valence-electron chi connectivity index (χ0n) is 42.6. The maximum absolute atomic E-state index is 12.7. The normalized spacial score (nSPS) is 16.0. The number of carbonyl (C=O) groups excluding carboxylic acids is 5. The van der Waals surface area contributed by atoms with Gasteiger partial charge in [0.25, 0.3) is 0 Å². The lowest BCUT2D eigenvalue weighted by molar-refractivity contribution is -0.153. The second-order valence-electron chi connectivity index (χ2n) is 18.6. The number of ether oxygens (including phenoxy) is 8. The minimum absolute atomic E-state index is 0.0165. The van der Waals surface area contributed by atoms with Crippen LogP contribution in [0.25, 0.3) is 0 Å². The third kappa shape index (κ3) is 34.5. The van der Waals surface area contributed by atoms with Crippen LogP contribution in [0.15, 0.2) is 0 Å². The SMILES string of the molecule is CCCCCCCC(=O)OCC(CCO[C@H]1COC(COC(=O)CCN(C)C)[C@@H]1OCCC(COC(=O)CCCCCCC)COC(=O)CCCCCCC)COC(=O)CCCCCCC. The Labute approximate surface area is 400 Å². The average molecular weight is 942 g/mol. The van der Waals surface area contributed by atoms with Crippen molar-refractivity contribution in [2.45, 2.75) is 219 Å². The minimum Gasteiger partial charge on any atom is -0.465 e. The first-order valence-corrected chi connectivity index (χ1v) is 26.3. The summed E-state index contributed by atoms with van der Waals surface area (Å²) in [4.78, 5) is 65.2. The van der Waals surface area contributed by atoms with Crippen molar-refractivity contribution in [1.82, 2.24) is 4.90 Å². The fourth-order valence-electron chi connectivity index (χ4n) is 7.52. The molecule has 66 heavy (non-hydrogen) atoms. The zero-order chi connectivity index (χ0) is 48.5. The maximum Gasteiger partial charge on any atom is 0.307 e. The van der Waals surface area contributed by atoms with E-state index in [-0.39, 0.29) is 101 Å². The summed E-state index contributed by atoms with van der Waals surface area (Å²) in [6.45, 7) is 10.3. The molecule has 0 bridgehead atoms. The lowest BCUT2D eigenvalue weighted by Crippen LogP contribution is -2.39.